The summed E-state index contributed by atoms with van der Waals surface area (Å²) in [6.45, 7) is 8.82. The summed E-state index contributed by atoms with van der Waals surface area (Å²) < 4.78 is 49.2. The smallest absolute Gasteiger partial charge is 0.307 e. The molecule has 2 fully saturated rings. The third-order valence-electron chi connectivity index (χ3n) is 5.99. The van der Waals surface area contributed by atoms with Crippen LogP contribution in [0.15, 0.2) is 36.4 Å². The standard InChI is InChI=1S/C23H30O6P2/c1-17-5-7-21(19(3)9-17)11-30(24)26-13-23(14-27-30)15-28-31(25,29-16-23)12-22-8-6-18(2)10-20(22)4/h5-10H,11-16H2,1-4H3. The summed E-state index contributed by atoms with van der Waals surface area (Å²) in [4.78, 5) is 0. The lowest BCUT2D eigenvalue weighted by atomic mass is 9.93. The van der Waals surface area contributed by atoms with Gasteiger partial charge in [-0.05, 0) is 49.9 Å². The molecular weight excluding hydrogens is 434 g/mol. The van der Waals surface area contributed by atoms with Crippen molar-refractivity contribution >= 4 is 15.2 Å². The first-order valence-corrected chi connectivity index (χ1v) is 13.9. The zero-order chi connectivity index (χ0) is 22.3. The van der Waals surface area contributed by atoms with E-state index in [1.54, 1.807) is 0 Å². The highest BCUT2D eigenvalue weighted by Gasteiger charge is 2.48. The van der Waals surface area contributed by atoms with E-state index in [0.717, 1.165) is 33.4 Å². The van der Waals surface area contributed by atoms with Crippen molar-refractivity contribution in [3.8, 4) is 0 Å². The first-order chi connectivity index (χ1) is 14.6. The quantitative estimate of drug-likeness (QED) is 0.510. The van der Waals surface area contributed by atoms with Crippen LogP contribution in [0, 0.1) is 33.1 Å². The lowest BCUT2D eigenvalue weighted by Crippen LogP contribution is -2.45. The lowest BCUT2D eigenvalue weighted by Gasteiger charge is -2.43. The van der Waals surface area contributed by atoms with Gasteiger partial charge in [0, 0.05) is 0 Å². The van der Waals surface area contributed by atoms with Crippen LogP contribution in [-0.2, 0) is 39.5 Å². The SMILES string of the molecule is Cc1ccc(CP2(=O)OCC3(CO2)COP(=O)(Cc2ccc(C)cc2C)OC3)c(C)c1. The predicted octanol–water partition coefficient (Wildman–Crippen LogP) is 6.09. The largest absolute Gasteiger partial charge is 0.335 e. The molecule has 0 saturated carbocycles. The summed E-state index contributed by atoms with van der Waals surface area (Å²) >= 11 is 0. The minimum atomic E-state index is -3.25. The third-order valence-corrected chi connectivity index (χ3v) is 9.54. The summed E-state index contributed by atoms with van der Waals surface area (Å²) in [6, 6.07) is 12.0. The molecule has 2 aliphatic heterocycles. The Balaban J connectivity index is 1.36. The van der Waals surface area contributed by atoms with Crippen molar-refractivity contribution in [1.29, 1.82) is 0 Å². The number of hydrogen-bond donors (Lipinski definition) is 0. The Bertz CT molecular complexity index is 967. The summed E-state index contributed by atoms with van der Waals surface area (Å²) in [5, 5.41) is 0. The van der Waals surface area contributed by atoms with Crippen molar-refractivity contribution in [3.63, 3.8) is 0 Å². The van der Waals surface area contributed by atoms with E-state index in [0.29, 0.717) is 0 Å². The van der Waals surface area contributed by atoms with Crippen LogP contribution in [0.5, 0.6) is 0 Å². The van der Waals surface area contributed by atoms with Crippen LogP contribution in [-0.4, -0.2) is 26.4 Å². The minimum Gasteiger partial charge on any atom is -0.307 e. The molecule has 2 aliphatic rings. The number of hydrogen-bond acceptors (Lipinski definition) is 6. The zero-order valence-electron chi connectivity index (χ0n) is 18.6. The first-order valence-electron chi connectivity index (χ1n) is 10.5. The fourth-order valence-electron chi connectivity index (χ4n) is 3.91. The molecule has 2 heterocycles. The highest BCUT2D eigenvalue weighted by atomic mass is 31.2. The van der Waals surface area contributed by atoms with Crippen molar-refractivity contribution < 1.29 is 27.2 Å². The van der Waals surface area contributed by atoms with Crippen molar-refractivity contribution in [2.75, 3.05) is 26.4 Å². The fraction of sp³-hybridized carbons (Fsp3) is 0.478. The van der Waals surface area contributed by atoms with Gasteiger partial charge in [-0.1, -0.05) is 47.5 Å². The minimum absolute atomic E-state index is 0.193. The van der Waals surface area contributed by atoms with E-state index in [1.165, 1.54) is 0 Å². The zero-order valence-corrected chi connectivity index (χ0v) is 20.3. The molecule has 8 heteroatoms. The molecule has 0 aromatic heterocycles. The summed E-state index contributed by atoms with van der Waals surface area (Å²) in [7, 11) is -6.50. The van der Waals surface area contributed by atoms with E-state index in [2.05, 4.69) is 12.1 Å². The maximum absolute atomic E-state index is 13.1. The molecule has 0 atom stereocenters. The van der Waals surface area contributed by atoms with Gasteiger partial charge in [0.05, 0.1) is 44.2 Å². The van der Waals surface area contributed by atoms with E-state index in [1.807, 2.05) is 52.0 Å². The Kier molecular flexibility index (Phi) is 6.35. The third kappa shape index (κ3) is 5.22. The highest BCUT2D eigenvalue weighted by Crippen LogP contribution is 2.61. The Morgan fingerprint density at radius 1 is 0.677 bits per heavy atom. The van der Waals surface area contributed by atoms with Crippen molar-refractivity contribution in [3.05, 3.63) is 69.8 Å². The van der Waals surface area contributed by atoms with Crippen LogP contribution in [0.1, 0.15) is 33.4 Å². The Morgan fingerprint density at radius 2 is 1.03 bits per heavy atom. The monoisotopic (exact) mass is 464 g/mol. The molecule has 0 amide bonds. The molecule has 6 nitrogen and oxygen atoms in total. The number of benzene rings is 2. The van der Waals surface area contributed by atoms with Gasteiger partial charge in [0.15, 0.2) is 0 Å². The molecule has 31 heavy (non-hydrogen) atoms. The van der Waals surface area contributed by atoms with E-state index in [4.69, 9.17) is 18.1 Å². The first kappa shape index (κ1) is 22.9. The van der Waals surface area contributed by atoms with Crippen molar-refractivity contribution in [1.82, 2.24) is 0 Å². The van der Waals surface area contributed by atoms with Crippen LogP contribution < -0.4 is 0 Å². The van der Waals surface area contributed by atoms with Crippen LogP contribution in [0.25, 0.3) is 0 Å². The van der Waals surface area contributed by atoms with Crippen LogP contribution in [0.3, 0.4) is 0 Å². The van der Waals surface area contributed by atoms with Gasteiger partial charge < -0.3 is 18.1 Å². The molecule has 168 valence electrons. The van der Waals surface area contributed by atoms with E-state index < -0.39 is 20.6 Å². The van der Waals surface area contributed by atoms with Gasteiger partial charge in [0.2, 0.25) is 0 Å². The van der Waals surface area contributed by atoms with Gasteiger partial charge in [-0.3, -0.25) is 9.13 Å². The van der Waals surface area contributed by atoms with E-state index in [-0.39, 0.29) is 38.8 Å². The summed E-state index contributed by atoms with van der Waals surface area (Å²) in [6.07, 6.45) is 0.476. The van der Waals surface area contributed by atoms with Crippen LogP contribution in [0.4, 0.5) is 0 Å². The molecule has 0 bridgehead atoms. The molecule has 0 N–H and O–H groups in total. The summed E-state index contributed by atoms with van der Waals surface area (Å²) in [5.74, 6) is 0. The maximum atomic E-state index is 13.1. The van der Waals surface area contributed by atoms with Gasteiger partial charge in [-0.15, -0.1) is 0 Å². The van der Waals surface area contributed by atoms with Gasteiger partial charge >= 0.3 is 15.2 Å². The second kappa shape index (κ2) is 8.59. The number of rotatable bonds is 4. The fourth-order valence-corrected chi connectivity index (χ4v) is 7.85. The normalized spacial score (nSPS) is 31.1. The molecule has 1 spiro atoms. The molecule has 0 aliphatic carbocycles. The molecular formula is C23H30O6P2. The molecule has 2 aromatic carbocycles. The van der Waals surface area contributed by atoms with Gasteiger partial charge in [0.1, 0.15) is 0 Å². The Labute approximate surface area is 184 Å². The van der Waals surface area contributed by atoms with Crippen LogP contribution >= 0.6 is 15.2 Å². The Hall–Kier alpha value is -1.26. The van der Waals surface area contributed by atoms with Gasteiger partial charge in [-0.25, -0.2) is 0 Å². The Morgan fingerprint density at radius 3 is 1.35 bits per heavy atom. The second-order valence-electron chi connectivity index (χ2n) is 8.99. The van der Waals surface area contributed by atoms with E-state index in [9.17, 15) is 9.13 Å². The average molecular weight is 464 g/mol. The van der Waals surface area contributed by atoms with Gasteiger partial charge in [0.25, 0.3) is 0 Å². The molecule has 4 rings (SSSR count). The molecule has 0 unspecified atom stereocenters. The summed E-state index contributed by atoms with van der Waals surface area (Å²) in [5.41, 5.74) is 5.78. The van der Waals surface area contributed by atoms with E-state index >= 15 is 0 Å². The predicted molar refractivity (Wildman–Crippen MR) is 121 cm³/mol. The molecule has 2 aromatic rings. The molecule has 0 radical (unpaired) electrons. The number of aryl methyl sites for hydroxylation is 4. The lowest BCUT2D eigenvalue weighted by molar-refractivity contribution is -0.0690. The maximum Gasteiger partial charge on any atom is 0.335 e. The average Bonchev–Trinajstić information content (AvgIpc) is 2.72. The van der Waals surface area contributed by atoms with Gasteiger partial charge in [-0.2, -0.15) is 0 Å². The topological polar surface area (TPSA) is 71.1 Å². The van der Waals surface area contributed by atoms with Crippen LogP contribution in [0.2, 0.25) is 0 Å². The van der Waals surface area contributed by atoms with Crippen molar-refractivity contribution in [2.45, 2.75) is 40.0 Å². The molecule has 2 saturated heterocycles. The van der Waals surface area contributed by atoms with Crippen molar-refractivity contribution in [2.24, 2.45) is 5.41 Å². The second-order valence-corrected chi connectivity index (χ2v) is 13.1. The highest BCUT2D eigenvalue weighted by molar-refractivity contribution is 7.53.